The van der Waals surface area contributed by atoms with Gasteiger partial charge in [0.2, 0.25) is 26.0 Å². The van der Waals surface area contributed by atoms with Crippen molar-refractivity contribution in [3.05, 3.63) is 58.5 Å². The maximum absolute atomic E-state index is 12.7. The fraction of sp³-hybridized carbons (Fsp3) is 0.400. The lowest BCUT2D eigenvalue weighted by Crippen LogP contribution is -2.40. The quantitative estimate of drug-likeness (QED) is 0.515. The molecular formula is C20H26N4O7S2. The Morgan fingerprint density at radius 3 is 2.21 bits per heavy atom. The summed E-state index contributed by atoms with van der Waals surface area (Å²) in [5.74, 6) is -0.499. The van der Waals surface area contributed by atoms with Gasteiger partial charge < -0.3 is 14.6 Å². The lowest BCUT2D eigenvalue weighted by atomic mass is 10.2. The molecule has 13 heteroatoms. The molecule has 1 fully saturated rings. The van der Waals surface area contributed by atoms with Gasteiger partial charge in [-0.2, -0.15) is 4.31 Å². The van der Waals surface area contributed by atoms with Crippen molar-refractivity contribution >= 4 is 26.0 Å². The second-order valence-electron chi connectivity index (χ2n) is 7.56. The molecule has 0 bridgehead atoms. The summed E-state index contributed by atoms with van der Waals surface area (Å²) in [7, 11) is -4.61. The third-order valence-corrected chi connectivity index (χ3v) is 8.78. The van der Waals surface area contributed by atoms with Crippen molar-refractivity contribution in [1.82, 2.24) is 18.5 Å². The molecule has 1 aromatic carbocycles. The van der Waals surface area contributed by atoms with Gasteiger partial charge in [0.15, 0.2) is 0 Å². The molecule has 1 aliphatic rings. The molecule has 180 valence electrons. The van der Waals surface area contributed by atoms with E-state index < -0.39 is 31.5 Å². The normalized spacial score (nSPS) is 15.5. The summed E-state index contributed by atoms with van der Waals surface area (Å²) in [5, 5.41) is 2.64. The molecule has 33 heavy (non-hydrogen) atoms. The van der Waals surface area contributed by atoms with Crippen molar-refractivity contribution < 1.29 is 26.4 Å². The Hall–Kier alpha value is -2.58. The van der Waals surface area contributed by atoms with E-state index in [4.69, 9.17) is 4.74 Å². The average molecular weight is 499 g/mol. The van der Waals surface area contributed by atoms with Gasteiger partial charge >= 0.3 is 0 Å². The lowest BCUT2D eigenvalue weighted by Gasteiger charge is -2.26. The molecule has 0 radical (unpaired) electrons. The van der Waals surface area contributed by atoms with Crippen LogP contribution < -0.4 is 10.9 Å². The van der Waals surface area contributed by atoms with E-state index in [0.29, 0.717) is 31.9 Å². The Kier molecular flexibility index (Phi) is 7.69. The van der Waals surface area contributed by atoms with Gasteiger partial charge in [0.25, 0.3) is 5.56 Å². The minimum atomic E-state index is -3.75. The molecule has 0 spiro atoms. The van der Waals surface area contributed by atoms with Gasteiger partial charge in [-0.1, -0.05) is 12.1 Å². The zero-order valence-electron chi connectivity index (χ0n) is 18.3. The van der Waals surface area contributed by atoms with Gasteiger partial charge in [0.05, 0.1) is 23.0 Å². The first-order valence-corrected chi connectivity index (χ1v) is 13.0. The van der Waals surface area contributed by atoms with Crippen LogP contribution in [0.4, 0.5) is 0 Å². The van der Waals surface area contributed by atoms with Crippen molar-refractivity contribution in [2.75, 3.05) is 40.4 Å². The summed E-state index contributed by atoms with van der Waals surface area (Å²) < 4.78 is 58.4. The summed E-state index contributed by atoms with van der Waals surface area (Å²) in [4.78, 5) is 24.4. The van der Waals surface area contributed by atoms with E-state index in [9.17, 15) is 26.4 Å². The van der Waals surface area contributed by atoms with Crippen LogP contribution >= 0.6 is 0 Å². The number of ether oxygens (including phenoxy) is 1. The number of amides is 1. The highest BCUT2D eigenvalue weighted by Crippen LogP contribution is 2.17. The van der Waals surface area contributed by atoms with Gasteiger partial charge in [0, 0.05) is 46.0 Å². The zero-order chi connectivity index (χ0) is 24.2. The maximum Gasteiger partial charge on any atom is 0.251 e. The summed E-state index contributed by atoms with van der Waals surface area (Å²) in [6, 6.07) is 8.45. The van der Waals surface area contributed by atoms with Crippen LogP contribution in [0.15, 0.2) is 57.2 Å². The van der Waals surface area contributed by atoms with Crippen LogP contribution in [0.25, 0.3) is 0 Å². The number of benzene rings is 1. The van der Waals surface area contributed by atoms with Crippen molar-refractivity contribution in [2.45, 2.75) is 22.9 Å². The largest absolute Gasteiger partial charge is 0.379 e. The second-order valence-corrected chi connectivity index (χ2v) is 11.6. The molecule has 0 atom stereocenters. The number of carbonyl (C=O) groups excluding carboxylic acids is 1. The highest BCUT2D eigenvalue weighted by molar-refractivity contribution is 7.89. The number of sulfonamides is 2. The van der Waals surface area contributed by atoms with Gasteiger partial charge in [-0.3, -0.25) is 9.59 Å². The van der Waals surface area contributed by atoms with Crippen molar-refractivity contribution in [2.24, 2.45) is 0 Å². The minimum Gasteiger partial charge on any atom is -0.379 e. The van der Waals surface area contributed by atoms with E-state index in [1.54, 1.807) is 12.1 Å². The van der Waals surface area contributed by atoms with Gasteiger partial charge in [-0.25, -0.2) is 21.1 Å². The first-order chi connectivity index (χ1) is 15.5. The number of hydrogen-bond donors (Lipinski definition) is 1. The molecule has 2 aromatic rings. The lowest BCUT2D eigenvalue weighted by molar-refractivity contribution is -0.121. The van der Waals surface area contributed by atoms with Crippen LogP contribution in [-0.2, 0) is 42.7 Å². The SMILES string of the molecule is CN(C)S(=O)(=O)c1ccc(=O)n(CC(=O)NCc2ccc(S(=O)(=O)N3CCOCC3)cc2)c1. The first kappa shape index (κ1) is 25.1. The molecule has 1 N–H and O–H groups in total. The monoisotopic (exact) mass is 498 g/mol. The van der Waals surface area contributed by atoms with Crippen LogP contribution in [0.3, 0.4) is 0 Å². The molecule has 0 aliphatic carbocycles. The van der Waals surface area contributed by atoms with Crippen LogP contribution in [-0.4, -0.2) is 76.3 Å². The summed E-state index contributed by atoms with van der Waals surface area (Å²) in [6.07, 6.45) is 1.13. The maximum atomic E-state index is 12.7. The Balaban J connectivity index is 1.63. The average Bonchev–Trinajstić information content (AvgIpc) is 2.79. The fourth-order valence-electron chi connectivity index (χ4n) is 3.12. The van der Waals surface area contributed by atoms with E-state index in [-0.39, 0.29) is 22.9 Å². The van der Waals surface area contributed by atoms with Gasteiger partial charge in [-0.15, -0.1) is 0 Å². The van der Waals surface area contributed by atoms with Crippen molar-refractivity contribution in [3.63, 3.8) is 0 Å². The molecular weight excluding hydrogens is 472 g/mol. The topological polar surface area (TPSA) is 135 Å². The zero-order valence-corrected chi connectivity index (χ0v) is 19.9. The van der Waals surface area contributed by atoms with Gasteiger partial charge in [0.1, 0.15) is 6.54 Å². The van der Waals surface area contributed by atoms with E-state index >= 15 is 0 Å². The standard InChI is InChI=1S/C20H26N4O7S2/c1-22(2)32(27,28)18-7-8-20(26)23(14-18)15-19(25)21-13-16-3-5-17(6-4-16)33(29,30)24-9-11-31-12-10-24/h3-8,14H,9-13,15H2,1-2H3,(H,21,25). The number of aromatic nitrogens is 1. The minimum absolute atomic E-state index is 0.100. The Labute approximate surface area is 192 Å². The molecule has 2 heterocycles. The summed E-state index contributed by atoms with van der Waals surface area (Å²) in [5.41, 5.74) is 0.154. The number of carbonyl (C=O) groups is 1. The molecule has 0 saturated carbocycles. The number of hydrogen-bond acceptors (Lipinski definition) is 7. The third kappa shape index (κ3) is 5.86. The molecule has 1 saturated heterocycles. The molecule has 3 rings (SSSR count). The highest BCUT2D eigenvalue weighted by Gasteiger charge is 2.26. The third-order valence-electron chi connectivity index (χ3n) is 5.07. The van der Waals surface area contributed by atoms with Crippen LogP contribution in [0.1, 0.15) is 5.56 Å². The summed E-state index contributed by atoms with van der Waals surface area (Å²) >= 11 is 0. The summed E-state index contributed by atoms with van der Waals surface area (Å²) in [6.45, 7) is 1.07. The molecule has 0 unspecified atom stereocenters. The molecule has 11 nitrogen and oxygen atoms in total. The number of nitrogens with one attached hydrogen (secondary N) is 1. The van der Waals surface area contributed by atoms with Crippen LogP contribution in [0.5, 0.6) is 0 Å². The second kappa shape index (κ2) is 10.1. The van der Waals surface area contributed by atoms with E-state index in [2.05, 4.69) is 5.32 Å². The van der Waals surface area contributed by atoms with Gasteiger partial charge in [-0.05, 0) is 23.8 Å². The van der Waals surface area contributed by atoms with Crippen LogP contribution in [0.2, 0.25) is 0 Å². The van der Waals surface area contributed by atoms with Crippen LogP contribution in [0, 0.1) is 0 Å². The Bertz CT molecular complexity index is 1260. The van der Waals surface area contributed by atoms with Crippen molar-refractivity contribution in [1.29, 1.82) is 0 Å². The Morgan fingerprint density at radius 1 is 1.00 bits per heavy atom. The van der Waals surface area contributed by atoms with E-state index in [1.165, 1.54) is 36.6 Å². The Morgan fingerprint density at radius 2 is 1.61 bits per heavy atom. The smallest absolute Gasteiger partial charge is 0.251 e. The number of pyridine rings is 1. The predicted molar refractivity (Wildman–Crippen MR) is 119 cm³/mol. The molecule has 1 aromatic heterocycles. The molecule has 1 amide bonds. The highest BCUT2D eigenvalue weighted by atomic mass is 32.2. The van der Waals surface area contributed by atoms with Crippen molar-refractivity contribution in [3.8, 4) is 0 Å². The number of nitrogens with zero attached hydrogens (tertiary/aromatic N) is 3. The number of rotatable bonds is 8. The predicted octanol–water partition coefficient (Wildman–Crippen LogP) is -0.564. The fourth-order valence-corrected chi connectivity index (χ4v) is 5.45. The number of morpholine rings is 1. The first-order valence-electron chi connectivity index (χ1n) is 10.1. The molecule has 1 aliphatic heterocycles. The van der Waals surface area contributed by atoms with E-state index in [0.717, 1.165) is 21.1 Å². The van der Waals surface area contributed by atoms with E-state index in [1.807, 2.05) is 0 Å².